The first-order valence-corrected chi connectivity index (χ1v) is 8.16. The monoisotopic (exact) mass is 311 g/mol. The molecule has 1 aromatic rings. The van der Waals surface area contributed by atoms with Crippen LogP contribution in [0.25, 0.3) is 0 Å². The number of hydrogen-bond acceptors (Lipinski definition) is 4. The second kappa shape index (κ2) is 7.99. The lowest BCUT2D eigenvalue weighted by atomic mass is 10.1. The van der Waals surface area contributed by atoms with Gasteiger partial charge < -0.3 is 15.7 Å². The summed E-state index contributed by atoms with van der Waals surface area (Å²) in [6, 6.07) is 6.29. The van der Waals surface area contributed by atoms with Gasteiger partial charge in [-0.05, 0) is 24.5 Å². The number of halogens is 1. The summed E-state index contributed by atoms with van der Waals surface area (Å²) in [6.45, 7) is 7.35. The second-order valence-electron chi connectivity index (χ2n) is 5.61. The molecule has 1 aromatic carbocycles. The van der Waals surface area contributed by atoms with E-state index in [1.807, 2.05) is 0 Å². The molecule has 1 aliphatic rings. The van der Waals surface area contributed by atoms with E-state index in [4.69, 9.17) is 17.3 Å². The summed E-state index contributed by atoms with van der Waals surface area (Å²) >= 11 is 6.50. The Labute approximate surface area is 132 Å². The van der Waals surface area contributed by atoms with Crippen molar-refractivity contribution in [3.8, 4) is 0 Å². The van der Waals surface area contributed by atoms with Gasteiger partial charge >= 0.3 is 0 Å². The predicted octanol–water partition coefficient (Wildman–Crippen LogP) is 1.73. The fourth-order valence-electron chi connectivity index (χ4n) is 2.75. The van der Waals surface area contributed by atoms with E-state index >= 15 is 0 Å². The quantitative estimate of drug-likeness (QED) is 0.840. The van der Waals surface area contributed by atoms with E-state index in [1.54, 1.807) is 0 Å². The van der Waals surface area contributed by atoms with Crippen LogP contribution in [0.4, 0.5) is 5.69 Å². The van der Waals surface area contributed by atoms with E-state index in [1.165, 1.54) is 5.56 Å². The number of aliphatic hydroxyl groups excluding tert-OH is 1. The zero-order valence-electron chi connectivity index (χ0n) is 12.8. The Bertz CT molecular complexity index is 447. The number of anilines is 1. The van der Waals surface area contributed by atoms with E-state index in [9.17, 15) is 5.11 Å². The minimum absolute atomic E-state index is 0.347. The summed E-state index contributed by atoms with van der Waals surface area (Å²) in [4.78, 5) is 4.74. The molecule has 0 aliphatic carbocycles. The zero-order chi connectivity index (χ0) is 15.2. The van der Waals surface area contributed by atoms with Crippen molar-refractivity contribution in [1.82, 2.24) is 4.90 Å². The minimum atomic E-state index is -0.376. The molecule has 118 valence electrons. The Hall–Kier alpha value is -0.810. The molecule has 1 fully saturated rings. The van der Waals surface area contributed by atoms with Crippen molar-refractivity contribution in [2.24, 2.45) is 5.73 Å². The number of benzene rings is 1. The lowest BCUT2D eigenvalue weighted by Crippen LogP contribution is -2.47. The Morgan fingerprint density at radius 3 is 2.62 bits per heavy atom. The summed E-state index contributed by atoms with van der Waals surface area (Å²) in [5, 5.41) is 10.4. The normalized spacial score (nSPS) is 18.0. The van der Waals surface area contributed by atoms with Gasteiger partial charge in [-0.2, -0.15) is 0 Å². The third-order valence-electron chi connectivity index (χ3n) is 4.20. The molecule has 1 aliphatic heterocycles. The third kappa shape index (κ3) is 4.33. The van der Waals surface area contributed by atoms with Gasteiger partial charge in [-0.15, -0.1) is 0 Å². The summed E-state index contributed by atoms with van der Waals surface area (Å²) in [6.07, 6.45) is 1.34. The van der Waals surface area contributed by atoms with Crippen LogP contribution in [0.15, 0.2) is 18.2 Å². The molecule has 1 heterocycles. The predicted molar refractivity (Wildman–Crippen MR) is 89.2 cm³/mol. The van der Waals surface area contributed by atoms with Crippen LogP contribution in [-0.4, -0.2) is 55.4 Å². The maximum atomic E-state index is 9.53. The average Bonchev–Trinajstić information content (AvgIpc) is 2.53. The summed E-state index contributed by atoms with van der Waals surface area (Å²) < 4.78 is 0. The van der Waals surface area contributed by atoms with Crippen molar-refractivity contribution in [2.45, 2.75) is 25.9 Å². The molecule has 0 amide bonds. The minimum Gasteiger partial charge on any atom is -0.392 e. The molecule has 1 saturated heterocycles. The van der Waals surface area contributed by atoms with E-state index in [0.29, 0.717) is 6.54 Å². The van der Waals surface area contributed by atoms with Gasteiger partial charge in [-0.1, -0.05) is 30.7 Å². The van der Waals surface area contributed by atoms with Gasteiger partial charge in [0.25, 0.3) is 0 Å². The molecule has 3 N–H and O–H groups in total. The Balaban J connectivity index is 1.89. The fraction of sp³-hybridized carbons (Fsp3) is 0.625. The molecular formula is C16H26ClN3O. The van der Waals surface area contributed by atoms with Gasteiger partial charge in [0, 0.05) is 39.3 Å². The fourth-order valence-corrected chi connectivity index (χ4v) is 3.12. The zero-order valence-corrected chi connectivity index (χ0v) is 13.5. The average molecular weight is 312 g/mol. The topological polar surface area (TPSA) is 52.7 Å². The number of rotatable bonds is 6. The van der Waals surface area contributed by atoms with E-state index in [0.717, 1.165) is 56.3 Å². The second-order valence-corrected chi connectivity index (χ2v) is 5.99. The van der Waals surface area contributed by atoms with Crippen LogP contribution in [0.1, 0.15) is 18.9 Å². The van der Waals surface area contributed by atoms with Crippen molar-refractivity contribution in [1.29, 1.82) is 0 Å². The molecule has 2 rings (SSSR count). The van der Waals surface area contributed by atoms with Gasteiger partial charge in [-0.3, -0.25) is 4.90 Å². The summed E-state index contributed by atoms with van der Waals surface area (Å²) in [5.41, 5.74) is 7.80. The number of nitrogens with zero attached hydrogens (tertiary/aromatic N) is 2. The van der Waals surface area contributed by atoms with Crippen molar-refractivity contribution in [3.63, 3.8) is 0 Å². The van der Waals surface area contributed by atoms with Crippen LogP contribution in [0, 0.1) is 0 Å². The Morgan fingerprint density at radius 2 is 2.00 bits per heavy atom. The van der Waals surface area contributed by atoms with Gasteiger partial charge in [-0.25, -0.2) is 0 Å². The lowest BCUT2D eigenvalue weighted by Gasteiger charge is -2.37. The molecule has 0 spiro atoms. The van der Waals surface area contributed by atoms with Crippen LogP contribution in [0.5, 0.6) is 0 Å². The van der Waals surface area contributed by atoms with Gasteiger partial charge in [0.15, 0.2) is 0 Å². The first-order chi connectivity index (χ1) is 10.2. The highest BCUT2D eigenvalue weighted by atomic mass is 35.5. The maximum absolute atomic E-state index is 9.53. The maximum Gasteiger partial charge on any atom is 0.0674 e. The van der Waals surface area contributed by atoms with Gasteiger partial charge in [0.05, 0.1) is 16.8 Å². The number of nitrogens with two attached hydrogens (primary N) is 1. The molecule has 5 heteroatoms. The van der Waals surface area contributed by atoms with Gasteiger partial charge in [0.1, 0.15) is 0 Å². The van der Waals surface area contributed by atoms with Crippen LogP contribution in [0.3, 0.4) is 0 Å². The Morgan fingerprint density at radius 1 is 1.29 bits per heavy atom. The number of aliphatic hydroxyl groups is 1. The highest BCUT2D eigenvalue weighted by Gasteiger charge is 2.19. The van der Waals surface area contributed by atoms with Crippen LogP contribution in [-0.2, 0) is 6.42 Å². The molecule has 0 radical (unpaired) electrons. The van der Waals surface area contributed by atoms with E-state index in [-0.39, 0.29) is 6.10 Å². The molecule has 21 heavy (non-hydrogen) atoms. The van der Waals surface area contributed by atoms with Crippen LogP contribution >= 0.6 is 11.6 Å². The Kier molecular flexibility index (Phi) is 6.30. The largest absolute Gasteiger partial charge is 0.392 e. The highest BCUT2D eigenvalue weighted by molar-refractivity contribution is 6.34. The van der Waals surface area contributed by atoms with Crippen molar-refractivity contribution < 1.29 is 5.11 Å². The molecule has 0 aromatic heterocycles. The first kappa shape index (κ1) is 16.6. The van der Waals surface area contributed by atoms with Crippen molar-refractivity contribution in [3.05, 3.63) is 28.8 Å². The van der Waals surface area contributed by atoms with Crippen molar-refractivity contribution >= 4 is 17.3 Å². The number of piperazine rings is 1. The third-order valence-corrected chi connectivity index (χ3v) is 4.64. The number of hydrogen-bond donors (Lipinski definition) is 2. The lowest BCUT2D eigenvalue weighted by molar-refractivity contribution is 0.144. The molecule has 4 nitrogen and oxygen atoms in total. The first-order valence-electron chi connectivity index (χ1n) is 7.78. The van der Waals surface area contributed by atoms with Crippen molar-refractivity contribution in [2.75, 3.05) is 44.2 Å². The van der Waals surface area contributed by atoms with E-state index < -0.39 is 0 Å². The van der Waals surface area contributed by atoms with Crippen LogP contribution in [0.2, 0.25) is 5.02 Å². The molecular weight excluding hydrogens is 286 g/mol. The van der Waals surface area contributed by atoms with Crippen LogP contribution < -0.4 is 10.6 Å². The molecule has 0 saturated carbocycles. The molecule has 1 atom stereocenters. The molecule has 1 unspecified atom stereocenters. The SMILES string of the molecule is CCc1cccc(N2CCN(CCC(O)CN)CC2)c1Cl. The van der Waals surface area contributed by atoms with Gasteiger partial charge in [0.2, 0.25) is 0 Å². The summed E-state index contributed by atoms with van der Waals surface area (Å²) in [5.74, 6) is 0. The molecule has 0 bridgehead atoms. The summed E-state index contributed by atoms with van der Waals surface area (Å²) in [7, 11) is 0. The number of aryl methyl sites for hydroxylation is 1. The highest BCUT2D eigenvalue weighted by Crippen LogP contribution is 2.30. The van der Waals surface area contributed by atoms with E-state index in [2.05, 4.69) is 34.9 Å². The standard InChI is InChI=1S/C16H26ClN3O/c1-2-13-4-3-5-15(16(13)17)20-10-8-19(9-11-20)7-6-14(21)12-18/h3-5,14,21H,2,6-12,18H2,1H3. The smallest absolute Gasteiger partial charge is 0.0674 e.